The maximum Gasteiger partial charge on any atom is 0.226 e. The summed E-state index contributed by atoms with van der Waals surface area (Å²) in [6, 6.07) is 5.91. The monoisotopic (exact) mass is 288 g/mol. The van der Waals surface area contributed by atoms with Gasteiger partial charge in [0, 0.05) is 24.3 Å². The van der Waals surface area contributed by atoms with Crippen LogP contribution in [-0.4, -0.2) is 12.5 Å². The molecule has 0 spiro atoms. The molecule has 0 fully saturated rings. The molecule has 2 N–H and O–H groups in total. The van der Waals surface area contributed by atoms with Gasteiger partial charge < -0.3 is 10.6 Å². The lowest BCUT2D eigenvalue weighted by molar-refractivity contribution is -0.118. The SMILES string of the molecule is CCCCCCCCC(=O)N1CCCc2c(N)cccc21. The van der Waals surface area contributed by atoms with E-state index in [1.54, 1.807) is 0 Å². The lowest BCUT2D eigenvalue weighted by Crippen LogP contribution is -2.35. The summed E-state index contributed by atoms with van der Waals surface area (Å²) in [6.45, 7) is 3.06. The number of hydrogen-bond acceptors (Lipinski definition) is 2. The Balaban J connectivity index is 1.85. The number of unbranched alkanes of at least 4 members (excludes halogenated alkanes) is 5. The Morgan fingerprint density at radius 2 is 1.95 bits per heavy atom. The van der Waals surface area contributed by atoms with Crippen molar-refractivity contribution in [2.45, 2.75) is 64.7 Å². The molecule has 0 unspecified atom stereocenters. The second kappa shape index (κ2) is 8.06. The Morgan fingerprint density at radius 1 is 1.19 bits per heavy atom. The molecule has 0 saturated heterocycles. The first-order valence-electron chi connectivity index (χ1n) is 8.41. The van der Waals surface area contributed by atoms with Crippen LogP contribution in [-0.2, 0) is 11.2 Å². The molecular weight excluding hydrogens is 260 g/mol. The fourth-order valence-electron chi connectivity index (χ4n) is 3.10. The molecule has 1 aliphatic rings. The summed E-state index contributed by atoms with van der Waals surface area (Å²) in [7, 11) is 0. The predicted molar refractivity (Wildman–Crippen MR) is 89.5 cm³/mol. The molecule has 1 heterocycles. The van der Waals surface area contributed by atoms with Gasteiger partial charge in [0.25, 0.3) is 0 Å². The highest BCUT2D eigenvalue weighted by Crippen LogP contribution is 2.31. The number of carbonyl (C=O) groups excluding carboxylic acids is 1. The molecule has 0 radical (unpaired) electrons. The maximum atomic E-state index is 12.4. The van der Waals surface area contributed by atoms with Gasteiger partial charge in [-0.05, 0) is 37.0 Å². The van der Waals surface area contributed by atoms with E-state index < -0.39 is 0 Å². The van der Waals surface area contributed by atoms with Gasteiger partial charge in [0.1, 0.15) is 0 Å². The average molecular weight is 288 g/mol. The van der Waals surface area contributed by atoms with Crippen LogP contribution < -0.4 is 10.6 Å². The zero-order valence-corrected chi connectivity index (χ0v) is 13.2. The molecule has 116 valence electrons. The summed E-state index contributed by atoms with van der Waals surface area (Å²) < 4.78 is 0. The molecular formula is C18H28N2O. The maximum absolute atomic E-state index is 12.4. The van der Waals surface area contributed by atoms with Crippen LogP contribution in [0.1, 0.15) is 63.9 Å². The number of anilines is 2. The summed E-state index contributed by atoms with van der Waals surface area (Å²) in [5.41, 5.74) is 9.05. The number of nitrogen functional groups attached to an aromatic ring is 1. The Labute approximate surface area is 128 Å². The third-order valence-corrected chi connectivity index (χ3v) is 4.33. The van der Waals surface area contributed by atoms with E-state index in [0.29, 0.717) is 6.42 Å². The van der Waals surface area contributed by atoms with Gasteiger partial charge in [-0.25, -0.2) is 0 Å². The third-order valence-electron chi connectivity index (χ3n) is 4.33. The van der Waals surface area contributed by atoms with Gasteiger partial charge in [-0.15, -0.1) is 0 Å². The minimum absolute atomic E-state index is 0.261. The van der Waals surface area contributed by atoms with Gasteiger partial charge in [-0.2, -0.15) is 0 Å². The topological polar surface area (TPSA) is 46.3 Å². The first-order chi connectivity index (χ1) is 10.2. The third kappa shape index (κ3) is 4.23. The van der Waals surface area contributed by atoms with Gasteiger partial charge in [-0.1, -0.05) is 45.1 Å². The van der Waals surface area contributed by atoms with Crippen molar-refractivity contribution in [3.8, 4) is 0 Å². The molecule has 0 atom stereocenters. The minimum Gasteiger partial charge on any atom is -0.398 e. The minimum atomic E-state index is 0.261. The smallest absolute Gasteiger partial charge is 0.226 e. The second-order valence-corrected chi connectivity index (χ2v) is 6.01. The van der Waals surface area contributed by atoms with Crippen LogP contribution in [0.5, 0.6) is 0 Å². The zero-order valence-electron chi connectivity index (χ0n) is 13.2. The molecule has 0 aliphatic carbocycles. The summed E-state index contributed by atoms with van der Waals surface area (Å²) in [6.07, 6.45) is 9.99. The van der Waals surface area contributed by atoms with Crippen LogP contribution >= 0.6 is 0 Å². The van der Waals surface area contributed by atoms with E-state index in [4.69, 9.17) is 5.73 Å². The molecule has 0 bridgehead atoms. The number of nitrogens with zero attached hydrogens (tertiary/aromatic N) is 1. The van der Waals surface area contributed by atoms with Gasteiger partial charge in [0.05, 0.1) is 0 Å². The molecule has 3 heteroatoms. The lowest BCUT2D eigenvalue weighted by Gasteiger charge is -2.30. The van der Waals surface area contributed by atoms with Crippen LogP contribution in [0.25, 0.3) is 0 Å². The Kier molecular flexibility index (Phi) is 6.09. The van der Waals surface area contributed by atoms with E-state index in [1.807, 2.05) is 23.1 Å². The predicted octanol–water partition coefficient (Wildman–Crippen LogP) is 4.30. The van der Waals surface area contributed by atoms with E-state index in [-0.39, 0.29) is 5.91 Å². The quantitative estimate of drug-likeness (QED) is 0.600. The van der Waals surface area contributed by atoms with Crippen molar-refractivity contribution in [1.29, 1.82) is 0 Å². The number of benzene rings is 1. The van der Waals surface area contributed by atoms with Gasteiger partial charge in [0.15, 0.2) is 0 Å². The molecule has 21 heavy (non-hydrogen) atoms. The highest BCUT2D eigenvalue weighted by Gasteiger charge is 2.23. The van der Waals surface area contributed by atoms with E-state index >= 15 is 0 Å². The molecule has 0 aromatic heterocycles. The van der Waals surface area contributed by atoms with Crippen molar-refractivity contribution in [3.05, 3.63) is 23.8 Å². The van der Waals surface area contributed by atoms with Crippen molar-refractivity contribution in [1.82, 2.24) is 0 Å². The summed E-state index contributed by atoms with van der Waals surface area (Å²) in [4.78, 5) is 14.4. The van der Waals surface area contributed by atoms with Gasteiger partial charge in [0.2, 0.25) is 5.91 Å². The molecule has 3 nitrogen and oxygen atoms in total. The van der Waals surface area contributed by atoms with Crippen LogP contribution in [0.3, 0.4) is 0 Å². The highest BCUT2D eigenvalue weighted by molar-refractivity contribution is 5.95. The summed E-state index contributed by atoms with van der Waals surface area (Å²) >= 11 is 0. The first-order valence-corrected chi connectivity index (χ1v) is 8.41. The molecule has 0 saturated carbocycles. The van der Waals surface area contributed by atoms with E-state index in [2.05, 4.69) is 6.92 Å². The van der Waals surface area contributed by atoms with Crippen LogP contribution in [0.2, 0.25) is 0 Å². The van der Waals surface area contributed by atoms with Crippen molar-refractivity contribution in [2.75, 3.05) is 17.2 Å². The number of fused-ring (bicyclic) bond motifs is 1. The van der Waals surface area contributed by atoms with Crippen molar-refractivity contribution in [2.24, 2.45) is 0 Å². The molecule has 1 aromatic rings. The number of rotatable bonds is 7. The number of carbonyl (C=O) groups is 1. The molecule has 1 amide bonds. The molecule has 1 aliphatic heterocycles. The van der Waals surface area contributed by atoms with Gasteiger partial charge in [-0.3, -0.25) is 4.79 Å². The van der Waals surface area contributed by atoms with Crippen molar-refractivity contribution in [3.63, 3.8) is 0 Å². The lowest BCUT2D eigenvalue weighted by atomic mass is 9.99. The summed E-state index contributed by atoms with van der Waals surface area (Å²) in [5, 5.41) is 0. The van der Waals surface area contributed by atoms with E-state index in [1.165, 1.54) is 32.1 Å². The van der Waals surface area contributed by atoms with Crippen LogP contribution in [0, 0.1) is 0 Å². The van der Waals surface area contributed by atoms with Crippen molar-refractivity contribution >= 4 is 17.3 Å². The van der Waals surface area contributed by atoms with E-state index in [0.717, 1.165) is 42.7 Å². The molecule has 1 aromatic carbocycles. The largest absolute Gasteiger partial charge is 0.398 e. The highest BCUT2D eigenvalue weighted by atomic mass is 16.2. The van der Waals surface area contributed by atoms with Crippen molar-refractivity contribution < 1.29 is 4.79 Å². The van der Waals surface area contributed by atoms with Gasteiger partial charge >= 0.3 is 0 Å². The molecule has 2 rings (SSSR count). The number of hydrogen-bond donors (Lipinski definition) is 1. The van der Waals surface area contributed by atoms with Crippen LogP contribution in [0.4, 0.5) is 11.4 Å². The first kappa shape index (κ1) is 15.9. The standard InChI is InChI=1S/C18H28N2O/c1-2-3-4-5-6-7-13-18(21)20-14-9-10-15-16(19)11-8-12-17(15)20/h8,11-12H,2-7,9-10,13-14,19H2,1H3. The second-order valence-electron chi connectivity index (χ2n) is 6.01. The Bertz CT molecular complexity index is 470. The fraction of sp³-hybridized carbons (Fsp3) is 0.611. The zero-order chi connectivity index (χ0) is 15.1. The number of nitrogens with two attached hydrogens (primary N) is 1. The fourth-order valence-corrected chi connectivity index (χ4v) is 3.10. The normalized spacial score (nSPS) is 14.0. The number of amides is 1. The van der Waals surface area contributed by atoms with E-state index in [9.17, 15) is 4.79 Å². The Morgan fingerprint density at radius 3 is 2.76 bits per heavy atom. The summed E-state index contributed by atoms with van der Waals surface area (Å²) in [5.74, 6) is 0.261. The Hall–Kier alpha value is -1.51. The van der Waals surface area contributed by atoms with Crippen LogP contribution in [0.15, 0.2) is 18.2 Å². The average Bonchev–Trinajstić information content (AvgIpc) is 2.50.